The fourth-order valence-electron chi connectivity index (χ4n) is 3.66. The van der Waals surface area contributed by atoms with Gasteiger partial charge in [-0.1, -0.05) is 24.3 Å². The first-order valence-electron chi connectivity index (χ1n) is 9.88. The molecule has 0 saturated carbocycles. The fraction of sp³-hybridized carbons (Fsp3) is 0.182. The first-order chi connectivity index (χ1) is 16.4. The minimum atomic E-state index is -5.05. The molecule has 1 aromatic carbocycles. The van der Waals surface area contributed by atoms with Crippen LogP contribution >= 0.6 is 0 Å². The second-order valence-corrected chi connectivity index (χ2v) is 7.40. The summed E-state index contributed by atoms with van der Waals surface area (Å²) in [4.78, 5) is 20.0. The number of anilines is 1. The molecule has 0 spiro atoms. The number of halogens is 6. The summed E-state index contributed by atoms with van der Waals surface area (Å²) in [6.45, 7) is -0.450. The Morgan fingerprint density at radius 3 is 2.34 bits per heavy atom. The van der Waals surface area contributed by atoms with Crippen molar-refractivity contribution < 1.29 is 36.2 Å². The van der Waals surface area contributed by atoms with Crippen molar-refractivity contribution in [3.8, 4) is 11.3 Å². The number of aromatic nitrogens is 4. The maximum Gasteiger partial charge on any atom is 0.433 e. The Balaban J connectivity index is 1.86. The van der Waals surface area contributed by atoms with Crippen molar-refractivity contribution in [3.05, 3.63) is 71.4 Å². The minimum absolute atomic E-state index is 0.0388. The van der Waals surface area contributed by atoms with Gasteiger partial charge in [0.15, 0.2) is 0 Å². The molecule has 0 aliphatic rings. The van der Waals surface area contributed by atoms with Crippen LogP contribution in [0.3, 0.4) is 0 Å². The number of carbonyl (C=O) groups is 1. The number of fused-ring (bicyclic) bond motifs is 1. The van der Waals surface area contributed by atoms with Crippen molar-refractivity contribution >= 4 is 22.4 Å². The van der Waals surface area contributed by atoms with Crippen LogP contribution < -0.4 is 5.32 Å². The molecule has 13 heteroatoms. The van der Waals surface area contributed by atoms with Crippen LogP contribution in [0.1, 0.15) is 27.4 Å². The second kappa shape index (κ2) is 8.65. The number of hydrogen-bond acceptors (Lipinski definition) is 5. The van der Waals surface area contributed by atoms with Gasteiger partial charge in [-0.3, -0.25) is 19.4 Å². The number of amides is 1. The zero-order chi connectivity index (χ0) is 25.5. The number of benzene rings is 1. The Morgan fingerprint density at radius 2 is 1.71 bits per heavy atom. The first-order valence-corrected chi connectivity index (χ1v) is 9.88. The van der Waals surface area contributed by atoms with E-state index >= 15 is 0 Å². The molecule has 4 aromatic rings. The molecule has 182 valence electrons. The number of nitrogens with one attached hydrogen (secondary N) is 1. The largest absolute Gasteiger partial charge is 0.433 e. The summed E-state index contributed by atoms with van der Waals surface area (Å²) < 4.78 is 82.1. The number of alkyl halides is 6. The highest BCUT2D eigenvalue weighted by Gasteiger charge is 2.42. The molecule has 0 bridgehead atoms. The van der Waals surface area contributed by atoms with Crippen LogP contribution in [0.25, 0.3) is 22.0 Å². The fourth-order valence-corrected chi connectivity index (χ4v) is 3.66. The Labute approximate surface area is 193 Å². The molecule has 0 saturated heterocycles. The molecule has 0 fully saturated rings. The Bertz CT molecular complexity index is 1430. The molecule has 2 N–H and O–H groups in total. The number of aryl methyl sites for hydroxylation is 1. The molecule has 3 aromatic heterocycles. The topological polar surface area (TPSA) is 92.9 Å². The quantitative estimate of drug-likeness (QED) is 0.397. The lowest BCUT2D eigenvalue weighted by molar-refractivity contribution is -0.141. The van der Waals surface area contributed by atoms with Gasteiger partial charge in [0.25, 0.3) is 5.91 Å². The van der Waals surface area contributed by atoms with E-state index in [0.29, 0.717) is 21.5 Å². The SMILES string of the molecule is Cn1nc(-c2cnc(CO)c3ccccc23)c(C(F)(F)F)c1C(=O)Nc1ccnc(C(F)(F)F)c1. The zero-order valence-corrected chi connectivity index (χ0v) is 17.7. The van der Waals surface area contributed by atoms with E-state index in [9.17, 15) is 36.2 Å². The Kier molecular flexibility index (Phi) is 5.97. The molecule has 0 unspecified atom stereocenters. The summed E-state index contributed by atoms with van der Waals surface area (Å²) in [6.07, 6.45) is -7.97. The molecule has 4 rings (SSSR count). The predicted molar refractivity (Wildman–Crippen MR) is 112 cm³/mol. The number of aliphatic hydroxyl groups excluding tert-OH is 1. The van der Waals surface area contributed by atoms with Gasteiger partial charge >= 0.3 is 12.4 Å². The standard InChI is InChI=1S/C22H15F6N5O2/c1-33-19(20(35)31-11-6-7-29-16(8-11)21(23,24)25)17(22(26,27)28)18(32-33)14-9-30-15(10-34)13-5-3-2-4-12(13)14/h2-9,34H,10H2,1H3,(H,29,31,35). The molecule has 0 aliphatic carbocycles. The van der Waals surface area contributed by atoms with E-state index in [0.717, 1.165) is 25.5 Å². The highest BCUT2D eigenvalue weighted by atomic mass is 19.4. The lowest BCUT2D eigenvalue weighted by Crippen LogP contribution is -2.21. The van der Waals surface area contributed by atoms with Crippen molar-refractivity contribution in [2.45, 2.75) is 19.0 Å². The summed E-state index contributed by atoms with van der Waals surface area (Å²) in [6, 6.07) is 7.83. The number of aliphatic hydroxyl groups is 1. The van der Waals surface area contributed by atoms with E-state index in [-0.39, 0.29) is 11.3 Å². The molecule has 3 heterocycles. The number of carbonyl (C=O) groups excluding carboxylic acids is 1. The summed E-state index contributed by atoms with van der Waals surface area (Å²) in [5, 5.41) is 16.2. The van der Waals surface area contributed by atoms with E-state index in [2.05, 4.69) is 20.4 Å². The monoisotopic (exact) mass is 495 g/mol. The lowest BCUT2D eigenvalue weighted by atomic mass is 9.99. The maximum atomic E-state index is 14.2. The third-order valence-corrected chi connectivity index (χ3v) is 5.14. The van der Waals surface area contributed by atoms with Crippen molar-refractivity contribution in [3.63, 3.8) is 0 Å². The van der Waals surface area contributed by atoms with Crippen LogP contribution in [0.4, 0.5) is 32.0 Å². The number of pyridine rings is 2. The van der Waals surface area contributed by atoms with Gasteiger partial charge in [0.1, 0.15) is 22.6 Å². The van der Waals surface area contributed by atoms with Crippen molar-refractivity contribution in [2.24, 2.45) is 7.05 Å². The van der Waals surface area contributed by atoms with E-state index in [1.165, 1.54) is 6.07 Å². The zero-order valence-electron chi connectivity index (χ0n) is 17.7. The average molecular weight is 495 g/mol. The van der Waals surface area contributed by atoms with Gasteiger partial charge in [-0.2, -0.15) is 31.4 Å². The van der Waals surface area contributed by atoms with Gasteiger partial charge in [0, 0.05) is 36.1 Å². The minimum Gasteiger partial charge on any atom is -0.390 e. The summed E-state index contributed by atoms with van der Waals surface area (Å²) in [7, 11) is 1.11. The van der Waals surface area contributed by atoms with Gasteiger partial charge in [-0.05, 0) is 17.5 Å². The molecule has 7 nitrogen and oxygen atoms in total. The normalized spacial score (nSPS) is 12.2. The van der Waals surface area contributed by atoms with E-state index in [1.807, 2.05) is 0 Å². The Morgan fingerprint density at radius 1 is 1.03 bits per heavy atom. The molecule has 1 amide bonds. The van der Waals surface area contributed by atoms with Gasteiger partial charge in [-0.25, -0.2) is 0 Å². The Hall–Kier alpha value is -4.00. The lowest BCUT2D eigenvalue weighted by Gasteiger charge is -2.13. The van der Waals surface area contributed by atoms with Crippen molar-refractivity contribution in [1.29, 1.82) is 0 Å². The number of rotatable bonds is 4. The molecular weight excluding hydrogens is 480 g/mol. The summed E-state index contributed by atoms with van der Waals surface area (Å²) in [5.74, 6) is -1.32. The van der Waals surface area contributed by atoms with Crippen LogP contribution in [0.2, 0.25) is 0 Å². The van der Waals surface area contributed by atoms with Gasteiger partial charge < -0.3 is 10.4 Å². The van der Waals surface area contributed by atoms with Crippen molar-refractivity contribution in [1.82, 2.24) is 19.7 Å². The summed E-state index contributed by atoms with van der Waals surface area (Å²) >= 11 is 0. The second-order valence-electron chi connectivity index (χ2n) is 7.40. The molecule has 0 atom stereocenters. The van der Waals surface area contributed by atoms with Crippen molar-refractivity contribution in [2.75, 3.05) is 5.32 Å². The third-order valence-electron chi connectivity index (χ3n) is 5.14. The number of hydrogen-bond donors (Lipinski definition) is 2. The van der Waals surface area contributed by atoms with Gasteiger partial charge in [0.2, 0.25) is 0 Å². The smallest absolute Gasteiger partial charge is 0.390 e. The molecular formula is C22H15F6N5O2. The first kappa shape index (κ1) is 24.1. The van der Waals surface area contributed by atoms with Gasteiger partial charge in [0.05, 0.1) is 12.3 Å². The highest BCUT2D eigenvalue weighted by molar-refractivity contribution is 6.06. The third kappa shape index (κ3) is 4.54. The molecule has 35 heavy (non-hydrogen) atoms. The maximum absolute atomic E-state index is 14.2. The molecule has 0 aliphatic heterocycles. The highest BCUT2D eigenvalue weighted by Crippen LogP contribution is 2.41. The predicted octanol–water partition coefficient (Wildman–Crippen LogP) is 4.81. The average Bonchev–Trinajstić information content (AvgIpc) is 3.15. The molecule has 0 radical (unpaired) electrons. The van der Waals surface area contributed by atoms with E-state index < -0.39 is 53.2 Å². The van der Waals surface area contributed by atoms with Crippen LogP contribution in [-0.2, 0) is 26.0 Å². The summed E-state index contributed by atoms with van der Waals surface area (Å²) in [5.41, 5.74) is -4.40. The van der Waals surface area contributed by atoms with Crippen LogP contribution in [0.15, 0.2) is 48.8 Å². The van der Waals surface area contributed by atoms with Gasteiger partial charge in [-0.15, -0.1) is 0 Å². The van der Waals surface area contributed by atoms with Crippen LogP contribution in [0.5, 0.6) is 0 Å². The van der Waals surface area contributed by atoms with E-state index in [1.54, 1.807) is 18.2 Å². The van der Waals surface area contributed by atoms with Crippen LogP contribution in [0, 0.1) is 0 Å². The van der Waals surface area contributed by atoms with Crippen LogP contribution in [-0.4, -0.2) is 30.8 Å². The van der Waals surface area contributed by atoms with E-state index in [4.69, 9.17) is 0 Å². The number of nitrogens with zero attached hydrogens (tertiary/aromatic N) is 4.